The van der Waals surface area contributed by atoms with E-state index in [1.54, 1.807) is 24.5 Å². The van der Waals surface area contributed by atoms with Crippen molar-refractivity contribution >= 4 is 17.3 Å². The number of aromatic nitrogens is 1. The molecule has 128 valence electrons. The molecule has 1 heterocycles. The van der Waals surface area contributed by atoms with E-state index in [9.17, 15) is 14.9 Å². The Morgan fingerprint density at radius 1 is 0.962 bits per heavy atom. The van der Waals surface area contributed by atoms with Crippen molar-refractivity contribution in [2.24, 2.45) is 5.10 Å². The first-order valence-corrected chi connectivity index (χ1v) is 7.74. The monoisotopic (exact) mass is 346 g/mol. The summed E-state index contributed by atoms with van der Waals surface area (Å²) in [6.45, 7) is 0. The van der Waals surface area contributed by atoms with E-state index in [1.807, 2.05) is 36.4 Å². The predicted octanol–water partition coefficient (Wildman–Crippen LogP) is 3.17. The molecule has 7 nitrogen and oxygen atoms in total. The van der Waals surface area contributed by atoms with E-state index in [0.717, 1.165) is 5.56 Å². The molecule has 0 aliphatic rings. The molecule has 0 unspecified atom stereocenters. The summed E-state index contributed by atoms with van der Waals surface area (Å²) in [6, 6.07) is 18.6. The second kappa shape index (κ2) is 7.80. The topological polar surface area (TPSA) is 97.5 Å². The van der Waals surface area contributed by atoms with Gasteiger partial charge in [0.05, 0.1) is 10.6 Å². The van der Waals surface area contributed by atoms with Gasteiger partial charge in [-0.25, -0.2) is 5.43 Å². The van der Waals surface area contributed by atoms with Crippen LogP contribution in [0.1, 0.15) is 21.5 Å². The third kappa shape index (κ3) is 3.78. The van der Waals surface area contributed by atoms with Crippen LogP contribution in [0.15, 0.2) is 84.2 Å². The number of para-hydroxylation sites is 1. The number of nitrogens with one attached hydrogen (secondary N) is 1. The fraction of sp³-hybridized carbons (Fsp3) is 0. The van der Waals surface area contributed by atoms with E-state index in [-0.39, 0.29) is 11.3 Å². The molecule has 1 amide bonds. The van der Waals surface area contributed by atoms with E-state index in [0.29, 0.717) is 11.3 Å². The predicted molar refractivity (Wildman–Crippen MR) is 96.9 cm³/mol. The van der Waals surface area contributed by atoms with Crippen LogP contribution in [-0.2, 0) is 0 Å². The first kappa shape index (κ1) is 17.0. The molecule has 3 aromatic rings. The van der Waals surface area contributed by atoms with Crippen molar-refractivity contribution in [2.45, 2.75) is 0 Å². The number of amides is 1. The lowest BCUT2D eigenvalue weighted by Gasteiger charge is -2.08. The van der Waals surface area contributed by atoms with Gasteiger partial charge in [0.2, 0.25) is 0 Å². The minimum atomic E-state index is -0.658. The van der Waals surface area contributed by atoms with Gasteiger partial charge in [-0.05, 0) is 18.2 Å². The van der Waals surface area contributed by atoms with E-state index < -0.39 is 10.8 Å². The maximum Gasteiger partial charge on any atom is 0.282 e. The first-order valence-electron chi connectivity index (χ1n) is 7.74. The quantitative estimate of drug-likeness (QED) is 0.436. The number of nitrogens with zero attached hydrogens (tertiary/aromatic N) is 3. The van der Waals surface area contributed by atoms with Crippen LogP contribution in [0.25, 0.3) is 0 Å². The maximum atomic E-state index is 12.4. The Bertz CT molecular complexity index is 915. The fourth-order valence-corrected chi connectivity index (χ4v) is 2.39. The third-order valence-corrected chi connectivity index (χ3v) is 3.60. The Labute approximate surface area is 149 Å². The van der Waals surface area contributed by atoms with Crippen LogP contribution in [0.5, 0.6) is 0 Å². The Balaban J connectivity index is 1.95. The van der Waals surface area contributed by atoms with Crippen molar-refractivity contribution in [1.29, 1.82) is 0 Å². The second-order valence-corrected chi connectivity index (χ2v) is 5.28. The lowest BCUT2D eigenvalue weighted by molar-refractivity contribution is -0.385. The first-order chi connectivity index (χ1) is 12.7. The smallest absolute Gasteiger partial charge is 0.267 e. The number of pyridine rings is 1. The van der Waals surface area contributed by atoms with Gasteiger partial charge >= 0.3 is 0 Å². The normalized spacial score (nSPS) is 11.0. The Hall–Kier alpha value is -3.87. The molecular weight excluding hydrogens is 332 g/mol. The number of hydrazone groups is 1. The number of hydrogen-bond donors (Lipinski definition) is 1. The SMILES string of the molecule is O=C(N/N=C(/c1ccccc1)c1cccnc1)c1ccccc1[N+](=O)[O-]. The number of benzene rings is 2. The molecule has 0 fully saturated rings. The minimum Gasteiger partial charge on any atom is -0.267 e. The van der Waals surface area contributed by atoms with E-state index in [4.69, 9.17) is 0 Å². The molecule has 1 N–H and O–H groups in total. The van der Waals surface area contributed by atoms with Gasteiger partial charge in [-0.2, -0.15) is 5.10 Å². The Kier molecular flexibility index (Phi) is 5.09. The standard InChI is InChI=1S/C19H14N4O3/c24-19(16-10-4-5-11-17(16)23(25)26)22-21-18(14-7-2-1-3-8-14)15-9-6-12-20-13-15/h1-13H,(H,22,24)/b21-18-. The Morgan fingerprint density at radius 3 is 2.35 bits per heavy atom. The molecule has 3 rings (SSSR count). The average molecular weight is 346 g/mol. The number of carbonyl (C=O) groups is 1. The molecule has 1 aromatic heterocycles. The highest BCUT2D eigenvalue weighted by atomic mass is 16.6. The van der Waals surface area contributed by atoms with Gasteiger partial charge in [0.25, 0.3) is 11.6 Å². The van der Waals surface area contributed by atoms with Gasteiger partial charge in [0.1, 0.15) is 5.56 Å². The number of rotatable bonds is 5. The summed E-state index contributed by atoms with van der Waals surface area (Å²) in [4.78, 5) is 27.0. The van der Waals surface area contributed by atoms with Crippen LogP contribution in [-0.4, -0.2) is 21.5 Å². The highest BCUT2D eigenvalue weighted by Gasteiger charge is 2.19. The summed E-state index contributed by atoms with van der Waals surface area (Å²) in [5.41, 5.74) is 4.07. The summed E-state index contributed by atoms with van der Waals surface area (Å²) in [6.07, 6.45) is 3.26. The van der Waals surface area contributed by atoms with Crippen LogP contribution in [0, 0.1) is 10.1 Å². The minimum absolute atomic E-state index is 0.0557. The summed E-state index contributed by atoms with van der Waals surface area (Å²) in [5.74, 6) is -0.658. The van der Waals surface area contributed by atoms with E-state index >= 15 is 0 Å². The average Bonchev–Trinajstić information content (AvgIpc) is 2.69. The number of nitro groups is 1. The molecule has 0 aliphatic heterocycles. The second-order valence-electron chi connectivity index (χ2n) is 5.28. The van der Waals surface area contributed by atoms with Gasteiger partial charge in [-0.1, -0.05) is 42.5 Å². The molecule has 0 spiro atoms. The highest BCUT2D eigenvalue weighted by Crippen LogP contribution is 2.17. The van der Waals surface area contributed by atoms with Crippen LogP contribution >= 0.6 is 0 Å². The van der Waals surface area contributed by atoms with Crippen molar-refractivity contribution in [1.82, 2.24) is 10.4 Å². The van der Waals surface area contributed by atoms with Crippen LogP contribution in [0.4, 0.5) is 5.69 Å². The molecule has 26 heavy (non-hydrogen) atoms. The van der Waals surface area contributed by atoms with Crippen molar-refractivity contribution < 1.29 is 9.72 Å². The van der Waals surface area contributed by atoms with Gasteiger partial charge in [-0.15, -0.1) is 0 Å². The van der Waals surface area contributed by atoms with Gasteiger partial charge in [-0.3, -0.25) is 19.9 Å². The fourth-order valence-electron chi connectivity index (χ4n) is 2.39. The van der Waals surface area contributed by atoms with E-state index in [1.165, 1.54) is 18.2 Å². The zero-order chi connectivity index (χ0) is 18.4. The Morgan fingerprint density at radius 2 is 1.65 bits per heavy atom. The lowest BCUT2D eigenvalue weighted by atomic mass is 10.0. The third-order valence-electron chi connectivity index (χ3n) is 3.60. The molecule has 7 heteroatoms. The number of nitro benzene ring substituents is 1. The zero-order valence-corrected chi connectivity index (χ0v) is 13.6. The van der Waals surface area contributed by atoms with Crippen molar-refractivity contribution in [3.63, 3.8) is 0 Å². The van der Waals surface area contributed by atoms with Crippen molar-refractivity contribution in [3.8, 4) is 0 Å². The number of carbonyl (C=O) groups excluding carboxylic acids is 1. The summed E-state index contributed by atoms with van der Waals surface area (Å²) < 4.78 is 0. The molecule has 0 atom stereocenters. The van der Waals surface area contributed by atoms with E-state index in [2.05, 4.69) is 15.5 Å². The highest BCUT2D eigenvalue weighted by molar-refractivity contribution is 6.13. The molecular formula is C19H14N4O3. The van der Waals surface area contributed by atoms with Crippen LogP contribution < -0.4 is 5.43 Å². The van der Waals surface area contributed by atoms with Gasteiger partial charge in [0, 0.05) is 29.6 Å². The molecule has 0 radical (unpaired) electrons. The summed E-state index contributed by atoms with van der Waals surface area (Å²) in [5, 5.41) is 15.3. The van der Waals surface area contributed by atoms with Crippen LogP contribution in [0.3, 0.4) is 0 Å². The molecule has 2 aromatic carbocycles. The van der Waals surface area contributed by atoms with Gasteiger partial charge in [0.15, 0.2) is 0 Å². The largest absolute Gasteiger partial charge is 0.282 e. The molecule has 0 saturated carbocycles. The molecule has 0 saturated heterocycles. The van der Waals surface area contributed by atoms with Gasteiger partial charge < -0.3 is 0 Å². The molecule has 0 bridgehead atoms. The summed E-state index contributed by atoms with van der Waals surface area (Å²) in [7, 11) is 0. The number of hydrogen-bond acceptors (Lipinski definition) is 5. The summed E-state index contributed by atoms with van der Waals surface area (Å²) >= 11 is 0. The maximum absolute atomic E-state index is 12.4. The lowest BCUT2D eigenvalue weighted by Crippen LogP contribution is -2.21. The molecule has 0 aliphatic carbocycles. The van der Waals surface area contributed by atoms with Crippen molar-refractivity contribution in [3.05, 3.63) is 106 Å². The zero-order valence-electron chi connectivity index (χ0n) is 13.6. The van der Waals surface area contributed by atoms with Crippen LogP contribution in [0.2, 0.25) is 0 Å². The van der Waals surface area contributed by atoms with Crippen molar-refractivity contribution in [2.75, 3.05) is 0 Å².